The number of aliphatic hydroxyl groups excluding tert-OH is 1. The van der Waals surface area contributed by atoms with Gasteiger partial charge in [-0.2, -0.15) is 0 Å². The number of allylic oxidation sites excluding steroid dienone is 1. The van der Waals surface area contributed by atoms with E-state index in [4.69, 9.17) is 0 Å². The van der Waals surface area contributed by atoms with Gasteiger partial charge in [-0.3, -0.25) is 0 Å². The number of fused-ring (bicyclic) bond motifs is 5. The molecule has 4 saturated carbocycles. The van der Waals surface area contributed by atoms with Crippen LogP contribution < -0.4 is 0 Å². The van der Waals surface area contributed by atoms with Gasteiger partial charge < -0.3 is 5.11 Å². The van der Waals surface area contributed by atoms with Crippen molar-refractivity contribution in [3.8, 4) is 0 Å². The van der Waals surface area contributed by atoms with E-state index in [1.54, 1.807) is 5.57 Å². The van der Waals surface area contributed by atoms with Gasteiger partial charge in [-0.05, 0) is 98.2 Å². The molecule has 152 valence electrons. The highest BCUT2D eigenvalue weighted by atomic mass is 16.3. The molecule has 0 amide bonds. The van der Waals surface area contributed by atoms with Crippen molar-refractivity contribution in [2.24, 2.45) is 40.4 Å². The van der Waals surface area contributed by atoms with Gasteiger partial charge in [0, 0.05) is 0 Å². The van der Waals surface area contributed by atoms with Crippen molar-refractivity contribution >= 4 is 0 Å². The fourth-order valence-electron chi connectivity index (χ4n) is 8.45. The predicted molar refractivity (Wildman–Crippen MR) is 112 cm³/mol. The molecule has 5 aliphatic carbocycles. The first kappa shape index (κ1) is 18.7. The maximum absolute atomic E-state index is 10.2. The molecule has 7 unspecified atom stereocenters. The number of hydrogen-bond acceptors (Lipinski definition) is 1. The van der Waals surface area contributed by atoms with Gasteiger partial charge >= 0.3 is 0 Å². The Balaban J connectivity index is 1.28. The zero-order valence-electron chi connectivity index (χ0n) is 17.9. The van der Waals surface area contributed by atoms with E-state index in [1.807, 2.05) is 0 Å². The van der Waals surface area contributed by atoms with Crippen LogP contribution in [0.1, 0.15) is 104 Å². The first-order chi connectivity index (χ1) is 13.0. The minimum absolute atomic E-state index is 0.0683. The van der Waals surface area contributed by atoms with Crippen molar-refractivity contribution in [3.05, 3.63) is 11.6 Å². The van der Waals surface area contributed by atoms with E-state index in [9.17, 15) is 5.11 Å². The van der Waals surface area contributed by atoms with Crippen LogP contribution in [0.25, 0.3) is 0 Å². The van der Waals surface area contributed by atoms with Crippen molar-refractivity contribution in [1.82, 2.24) is 0 Å². The molecule has 27 heavy (non-hydrogen) atoms. The summed E-state index contributed by atoms with van der Waals surface area (Å²) in [6, 6.07) is 0. The van der Waals surface area contributed by atoms with Crippen LogP contribution in [0.2, 0.25) is 0 Å². The summed E-state index contributed by atoms with van der Waals surface area (Å²) in [4.78, 5) is 0. The van der Waals surface area contributed by atoms with Crippen LogP contribution in [0.5, 0.6) is 0 Å². The van der Waals surface area contributed by atoms with Crippen molar-refractivity contribution in [1.29, 1.82) is 0 Å². The Morgan fingerprint density at radius 3 is 2.56 bits per heavy atom. The summed E-state index contributed by atoms with van der Waals surface area (Å²) in [7, 11) is 0. The fourth-order valence-corrected chi connectivity index (χ4v) is 8.45. The zero-order chi connectivity index (χ0) is 18.6. The summed E-state index contributed by atoms with van der Waals surface area (Å²) in [5, 5.41) is 10.2. The summed E-state index contributed by atoms with van der Waals surface area (Å²) in [5.41, 5.74) is 2.67. The van der Waals surface area contributed by atoms with E-state index < -0.39 is 0 Å². The highest BCUT2D eigenvalue weighted by molar-refractivity contribution is 5.25. The third-order valence-corrected chi connectivity index (χ3v) is 10.4. The molecule has 0 aliphatic heterocycles. The zero-order valence-corrected chi connectivity index (χ0v) is 17.9. The minimum atomic E-state index is -0.0683. The van der Waals surface area contributed by atoms with Gasteiger partial charge in [0.2, 0.25) is 0 Å². The quantitative estimate of drug-likeness (QED) is 0.412. The van der Waals surface area contributed by atoms with Crippen LogP contribution >= 0.6 is 0 Å². The van der Waals surface area contributed by atoms with E-state index in [0.717, 1.165) is 42.4 Å². The number of rotatable bonds is 5. The molecule has 0 spiro atoms. The number of unbranched alkanes of at least 4 members (excludes halogenated alkanes) is 1. The second-order valence-electron chi connectivity index (χ2n) is 11.7. The summed E-state index contributed by atoms with van der Waals surface area (Å²) >= 11 is 0. The summed E-state index contributed by atoms with van der Waals surface area (Å²) in [6.07, 6.45) is 22.1. The van der Waals surface area contributed by atoms with Crippen LogP contribution in [0.3, 0.4) is 0 Å². The molecule has 1 heteroatoms. The Bertz CT molecular complexity index is 589. The second-order valence-corrected chi connectivity index (χ2v) is 11.7. The summed E-state index contributed by atoms with van der Waals surface area (Å²) < 4.78 is 0. The Morgan fingerprint density at radius 1 is 0.926 bits per heavy atom. The standard InChI is InChI=1S/C26H42O/c1-25-16-14-24-22(11-9-20-17-21(27)13-15-26(20,24)2)23(25)12-10-19(25)6-4-3-5-18-7-8-18/h9,18-19,21-24,27H,3-8,10-17H2,1-2H3. The molecule has 4 fully saturated rings. The van der Waals surface area contributed by atoms with Gasteiger partial charge in [-0.25, -0.2) is 0 Å². The van der Waals surface area contributed by atoms with E-state index in [0.29, 0.717) is 10.8 Å². The third kappa shape index (κ3) is 3.15. The Kier molecular flexibility index (Phi) is 4.78. The maximum Gasteiger partial charge on any atom is 0.0577 e. The smallest absolute Gasteiger partial charge is 0.0577 e. The van der Waals surface area contributed by atoms with Crippen molar-refractivity contribution < 1.29 is 5.11 Å². The Morgan fingerprint density at radius 2 is 1.74 bits per heavy atom. The largest absolute Gasteiger partial charge is 0.393 e. The monoisotopic (exact) mass is 370 g/mol. The van der Waals surface area contributed by atoms with Crippen LogP contribution in [-0.4, -0.2) is 11.2 Å². The Labute approximate surface area is 167 Å². The highest BCUT2D eigenvalue weighted by Gasteiger charge is 2.58. The van der Waals surface area contributed by atoms with Crippen LogP contribution in [-0.2, 0) is 0 Å². The molecule has 0 saturated heterocycles. The molecule has 0 aromatic carbocycles. The molecule has 0 aromatic heterocycles. The van der Waals surface area contributed by atoms with Crippen molar-refractivity contribution in [2.45, 2.75) is 110 Å². The van der Waals surface area contributed by atoms with Gasteiger partial charge in [0.05, 0.1) is 6.10 Å². The third-order valence-electron chi connectivity index (χ3n) is 10.4. The number of aliphatic hydroxyl groups is 1. The molecule has 1 N–H and O–H groups in total. The molecule has 0 heterocycles. The first-order valence-corrected chi connectivity index (χ1v) is 12.4. The molecule has 7 atom stereocenters. The molecule has 0 aromatic rings. The molecule has 1 nitrogen and oxygen atoms in total. The van der Waals surface area contributed by atoms with E-state index in [-0.39, 0.29) is 6.10 Å². The lowest BCUT2D eigenvalue weighted by Crippen LogP contribution is -2.50. The lowest BCUT2D eigenvalue weighted by Gasteiger charge is -2.58. The van der Waals surface area contributed by atoms with Gasteiger partial charge in [-0.15, -0.1) is 0 Å². The van der Waals surface area contributed by atoms with Crippen molar-refractivity contribution in [2.75, 3.05) is 0 Å². The van der Waals surface area contributed by atoms with Gasteiger partial charge in [0.25, 0.3) is 0 Å². The van der Waals surface area contributed by atoms with E-state index >= 15 is 0 Å². The van der Waals surface area contributed by atoms with Crippen molar-refractivity contribution in [3.63, 3.8) is 0 Å². The van der Waals surface area contributed by atoms with E-state index in [1.165, 1.54) is 77.0 Å². The van der Waals surface area contributed by atoms with E-state index in [2.05, 4.69) is 19.9 Å². The maximum atomic E-state index is 10.2. The average molecular weight is 371 g/mol. The van der Waals surface area contributed by atoms with Crippen LogP contribution in [0, 0.1) is 40.4 Å². The first-order valence-electron chi connectivity index (χ1n) is 12.4. The lowest BCUT2D eigenvalue weighted by atomic mass is 9.47. The highest BCUT2D eigenvalue weighted by Crippen LogP contribution is 2.66. The normalized spacial score (nSPS) is 49.1. The molecular formula is C26H42O. The Hall–Kier alpha value is -0.300. The molecule has 5 rings (SSSR count). The predicted octanol–water partition coefficient (Wildman–Crippen LogP) is 6.90. The summed E-state index contributed by atoms with van der Waals surface area (Å²) in [5.74, 6) is 4.94. The topological polar surface area (TPSA) is 20.2 Å². The molecular weight excluding hydrogens is 328 g/mol. The van der Waals surface area contributed by atoms with Gasteiger partial charge in [-0.1, -0.05) is 57.6 Å². The van der Waals surface area contributed by atoms with Crippen LogP contribution in [0.15, 0.2) is 11.6 Å². The molecule has 0 radical (unpaired) electrons. The second kappa shape index (κ2) is 6.89. The number of hydrogen-bond donors (Lipinski definition) is 1. The van der Waals surface area contributed by atoms with Crippen LogP contribution in [0.4, 0.5) is 0 Å². The van der Waals surface area contributed by atoms with Gasteiger partial charge in [0.1, 0.15) is 0 Å². The molecule has 0 bridgehead atoms. The fraction of sp³-hybridized carbons (Fsp3) is 0.923. The van der Waals surface area contributed by atoms with Gasteiger partial charge in [0.15, 0.2) is 0 Å². The average Bonchev–Trinajstić information content (AvgIpc) is 3.41. The molecule has 5 aliphatic rings. The SMILES string of the molecule is CC12CCC(O)CC1=CCC1C2CCC2(C)C(CCCCC3CC3)CCC12. The lowest BCUT2D eigenvalue weighted by molar-refractivity contribution is -0.0508. The minimum Gasteiger partial charge on any atom is -0.393 e. The summed E-state index contributed by atoms with van der Waals surface area (Å²) in [6.45, 7) is 5.26.